The molecule has 3 aromatic carbocycles. The molecule has 0 radical (unpaired) electrons. The van der Waals surface area contributed by atoms with Gasteiger partial charge < -0.3 is 10.6 Å². The minimum Gasteiger partial charge on any atom is -0.376 e. The first-order valence-electron chi connectivity index (χ1n) is 11.8. The van der Waals surface area contributed by atoms with Gasteiger partial charge in [0.2, 0.25) is 15.9 Å². The average Bonchev–Trinajstić information content (AvgIpc) is 3.18. The van der Waals surface area contributed by atoms with Gasteiger partial charge in [0.25, 0.3) is 0 Å². The first-order chi connectivity index (χ1) is 16.5. The summed E-state index contributed by atoms with van der Waals surface area (Å²) in [6.45, 7) is 1.15. The molecule has 1 aliphatic rings. The normalized spacial score (nSPS) is 15.0. The molecule has 4 rings (SSSR count). The topological polar surface area (TPSA) is 78.5 Å². The second-order valence-corrected chi connectivity index (χ2v) is 10.5. The maximum absolute atomic E-state index is 13.1. The van der Waals surface area contributed by atoms with Crippen LogP contribution in [0, 0.1) is 0 Å². The van der Waals surface area contributed by atoms with Crippen molar-refractivity contribution in [2.24, 2.45) is 0 Å². The molecule has 0 unspecified atom stereocenters. The summed E-state index contributed by atoms with van der Waals surface area (Å²) in [6.07, 6.45) is 3.91. The molecule has 1 amide bonds. The van der Waals surface area contributed by atoms with Gasteiger partial charge in [-0.05, 0) is 42.2 Å². The molecule has 0 aliphatic carbocycles. The number of amides is 1. The number of hydrogen-bond donors (Lipinski definition) is 2. The van der Waals surface area contributed by atoms with Crippen LogP contribution in [0.15, 0.2) is 89.8 Å². The number of sulfonamides is 1. The van der Waals surface area contributed by atoms with Crippen LogP contribution in [0.1, 0.15) is 42.9 Å². The number of nitrogens with zero attached hydrogens (tertiary/aromatic N) is 1. The van der Waals surface area contributed by atoms with Gasteiger partial charge in [-0.2, -0.15) is 4.31 Å². The lowest BCUT2D eigenvalue weighted by Gasteiger charge is -2.21. The van der Waals surface area contributed by atoms with Gasteiger partial charge in [0.1, 0.15) is 0 Å². The summed E-state index contributed by atoms with van der Waals surface area (Å²) >= 11 is 0. The number of nitrogens with one attached hydrogen (secondary N) is 2. The quantitative estimate of drug-likeness (QED) is 0.498. The van der Waals surface area contributed by atoms with Crippen LogP contribution >= 0.6 is 0 Å². The lowest BCUT2D eigenvalue weighted by molar-refractivity contribution is -0.119. The zero-order valence-corrected chi connectivity index (χ0v) is 20.0. The molecule has 2 N–H and O–H groups in total. The van der Waals surface area contributed by atoms with E-state index in [1.165, 1.54) is 0 Å². The van der Waals surface area contributed by atoms with Crippen molar-refractivity contribution in [3.8, 4) is 0 Å². The Kier molecular flexibility index (Phi) is 7.98. The van der Waals surface area contributed by atoms with Crippen LogP contribution in [0.25, 0.3) is 0 Å². The summed E-state index contributed by atoms with van der Waals surface area (Å²) in [5.74, 6) is -0.182. The first kappa shape index (κ1) is 24.0. The third-order valence-corrected chi connectivity index (χ3v) is 7.96. The van der Waals surface area contributed by atoms with E-state index in [-0.39, 0.29) is 23.4 Å². The van der Waals surface area contributed by atoms with Crippen molar-refractivity contribution in [1.82, 2.24) is 9.62 Å². The van der Waals surface area contributed by atoms with Crippen LogP contribution in [0.2, 0.25) is 0 Å². The number of hydrogen-bond acceptors (Lipinski definition) is 4. The molecule has 1 aliphatic heterocycles. The maximum atomic E-state index is 13.1. The van der Waals surface area contributed by atoms with E-state index < -0.39 is 10.0 Å². The highest BCUT2D eigenvalue weighted by Gasteiger charge is 2.25. The molecule has 1 heterocycles. The highest BCUT2D eigenvalue weighted by atomic mass is 32.2. The minimum absolute atomic E-state index is 0.0311. The van der Waals surface area contributed by atoms with Gasteiger partial charge in [-0.25, -0.2) is 8.42 Å². The smallest absolute Gasteiger partial charge is 0.243 e. The van der Waals surface area contributed by atoms with Crippen LogP contribution in [0.5, 0.6) is 0 Å². The molecule has 6 nitrogen and oxygen atoms in total. The summed E-state index contributed by atoms with van der Waals surface area (Å²) in [4.78, 5) is 13.1. The second kappa shape index (κ2) is 11.3. The monoisotopic (exact) mass is 477 g/mol. The van der Waals surface area contributed by atoms with Crippen molar-refractivity contribution >= 4 is 21.6 Å². The van der Waals surface area contributed by atoms with Crippen LogP contribution in [0.4, 0.5) is 5.69 Å². The van der Waals surface area contributed by atoms with Gasteiger partial charge in [-0.1, -0.05) is 79.6 Å². The Morgan fingerprint density at radius 3 is 1.97 bits per heavy atom. The van der Waals surface area contributed by atoms with Crippen LogP contribution in [-0.2, 0) is 14.8 Å². The second-order valence-electron chi connectivity index (χ2n) is 8.52. The summed E-state index contributed by atoms with van der Waals surface area (Å²) in [5.41, 5.74) is 2.59. The number of carbonyl (C=O) groups excluding carboxylic acids is 1. The Morgan fingerprint density at radius 2 is 1.38 bits per heavy atom. The van der Waals surface area contributed by atoms with Crippen molar-refractivity contribution in [2.45, 2.75) is 36.6 Å². The van der Waals surface area contributed by atoms with Gasteiger partial charge in [0.15, 0.2) is 0 Å². The zero-order chi connectivity index (χ0) is 23.8. The molecule has 1 fully saturated rings. The van der Waals surface area contributed by atoms with E-state index in [1.807, 2.05) is 60.7 Å². The van der Waals surface area contributed by atoms with E-state index in [4.69, 9.17) is 0 Å². The molecule has 0 spiro atoms. The standard InChI is InChI=1S/C27H31N3O3S/c31-26(29-27(22-12-5-3-6-13-22)23-14-7-4-8-15-23)21-28-24-16-11-17-25(20-24)34(32,33)30-18-9-1-2-10-19-30/h3-8,11-17,20,27-28H,1-2,9-10,18-19,21H2,(H,29,31). The van der Waals surface area contributed by atoms with Gasteiger partial charge in [0, 0.05) is 18.8 Å². The number of carbonyl (C=O) groups is 1. The molecule has 178 valence electrons. The fourth-order valence-electron chi connectivity index (χ4n) is 4.24. The largest absolute Gasteiger partial charge is 0.376 e. The predicted octanol–water partition coefficient (Wildman–Crippen LogP) is 4.57. The summed E-state index contributed by atoms with van der Waals surface area (Å²) in [7, 11) is -3.54. The predicted molar refractivity (Wildman–Crippen MR) is 135 cm³/mol. The maximum Gasteiger partial charge on any atom is 0.243 e. The van der Waals surface area contributed by atoms with E-state index in [9.17, 15) is 13.2 Å². The molecule has 0 atom stereocenters. The Balaban J connectivity index is 1.43. The number of benzene rings is 3. The molecule has 34 heavy (non-hydrogen) atoms. The number of rotatable bonds is 8. The van der Waals surface area contributed by atoms with Crippen molar-refractivity contribution in [2.75, 3.05) is 25.0 Å². The SMILES string of the molecule is O=C(CNc1cccc(S(=O)(=O)N2CCCCCC2)c1)NC(c1ccccc1)c1ccccc1. The Bertz CT molecular complexity index is 1140. The molecule has 0 bridgehead atoms. The van der Waals surface area contributed by atoms with Gasteiger partial charge in [-0.15, -0.1) is 0 Å². The van der Waals surface area contributed by atoms with Crippen molar-refractivity contribution in [1.29, 1.82) is 0 Å². The van der Waals surface area contributed by atoms with E-state index in [0.717, 1.165) is 36.8 Å². The molecule has 0 saturated carbocycles. The summed E-state index contributed by atoms with van der Waals surface area (Å²) in [5, 5.41) is 6.18. The fraction of sp³-hybridized carbons (Fsp3) is 0.296. The van der Waals surface area contributed by atoms with Crippen molar-refractivity contribution in [3.05, 3.63) is 96.1 Å². The molecule has 7 heteroatoms. The average molecular weight is 478 g/mol. The van der Waals surface area contributed by atoms with Crippen molar-refractivity contribution in [3.63, 3.8) is 0 Å². The van der Waals surface area contributed by atoms with Crippen LogP contribution in [0.3, 0.4) is 0 Å². The molecule has 1 saturated heterocycles. The van der Waals surface area contributed by atoms with E-state index in [1.54, 1.807) is 28.6 Å². The fourth-order valence-corrected chi connectivity index (χ4v) is 5.81. The van der Waals surface area contributed by atoms with Gasteiger partial charge in [-0.3, -0.25) is 4.79 Å². The molecular formula is C27H31N3O3S. The lowest BCUT2D eigenvalue weighted by atomic mass is 9.99. The summed E-state index contributed by atoms with van der Waals surface area (Å²) < 4.78 is 27.8. The third-order valence-electron chi connectivity index (χ3n) is 6.06. The highest BCUT2D eigenvalue weighted by Crippen LogP contribution is 2.24. The highest BCUT2D eigenvalue weighted by molar-refractivity contribution is 7.89. The Morgan fingerprint density at radius 1 is 0.794 bits per heavy atom. The zero-order valence-electron chi connectivity index (χ0n) is 19.2. The summed E-state index contributed by atoms with van der Waals surface area (Å²) in [6, 6.07) is 26.1. The third kappa shape index (κ3) is 6.04. The van der Waals surface area contributed by atoms with Gasteiger partial charge >= 0.3 is 0 Å². The molecule has 3 aromatic rings. The Hall–Kier alpha value is -3.16. The van der Waals surface area contributed by atoms with E-state index >= 15 is 0 Å². The molecular weight excluding hydrogens is 446 g/mol. The van der Waals surface area contributed by atoms with Gasteiger partial charge in [0.05, 0.1) is 17.5 Å². The van der Waals surface area contributed by atoms with Crippen LogP contribution in [-0.4, -0.2) is 38.3 Å². The lowest BCUT2D eigenvalue weighted by Crippen LogP contribution is -2.34. The Labute approximate surface area is 202 Å². The number of anilines is 1. The minimum atomic E-state index is -3.54. The van der Waals surface area contributed by atoms with E-state index in [0.29, 0.717) is 18.8 Å². The first-order valence-corrected chi connectivity index (χ1v) is 13.2. The van der Waals surface area contributed by atoms with Crippen LogP contribution < -0.4 is 10.6 Å². The van der Waals surface area contributed by atoms with Crippen molar-refractivity contribution < 1.29 is 13.2 Å². The molecule has 0 aromatic heterocycles. The van der Waals surface area contributed by atoms with E-state index in [2.05, 4.69) is 10.6 Å².